The van der Waals surface area contributed by atoms with Gasteiger partial charge in [-0.1, -0.05) is 0 Å². The molecule has 14 heavy (non-hydrogen) atoms. The second-order valence-electron chi connectivity index (χ2n) is 2.51. The van der Waals surface area contributed by atoms with E-state index in [1.165, 1.54) is 0 Å². The molecule has 0 amide bonds. The zero-order chi connectivity index (χ0) is 11.4. The maximum absolute atomic E-state index is 11.0. The molecule has 0 spiro atoms. The SMILES string of the molecule is COC(=O)CS(=O)(=O)N[C@@H](C)C(=O)O. The third-order valence-corrected chi connectivity index (χ3v) is 2.59. The molecule has 0 aromatic heterocycles. The molecule has 0 heterocycles. The Morgan fingerprint density at radius 1 is 1.50 bits per heavy atom. The fourth-order valence-corrected chi connectivity index (χ4v) is 1.73. The number of hydrogen-bond donors (Lipinski definition) is 2. The van der Waals surface area contributed by atoms with Crippen molar-refractivity contribution in [3.63, 3.8) is 0 Å². The Morgan fingerprint density at radius 3 is 2.36 bits per heavy atom. The lowest BCUT2D eigenvalue weighted by atomic mass is 10.4. The first-order chi connectivity index (χ1) is 6.28. The first-order valence-electron chi connectivity index (χ1n) is 3.58. The lowest BCUT2D eigenvalue weighted by Gasteiger charge is -2.08. The van der Waals surface area contributed by atoms with E-state index >= 15 is 0 Å². The molecular formula is C6H11NO6S. The van der Waals surface area contributed by atoms with Crippen molar-refractivity contribution in [1.82, 2.24) is 4.72 Å². The summed E-state index contributed by atoms with van der Waals surface area (Å²) in [5, 5.41) is 8.39. The second kappa shape index (κ2) is 4.91. The van der Waals surface area contributed by atoms with Crippen LogP contribution in [0.4, 0.5) is 0 Å². The van der Waals surface area contributed by atoms with E-state index in [4.69, 9.17) is 5.11 Å². The Kier molecular flexibility index (Phi) is 4.51. The summed E-state index contributed by atoms with van der Waals surface area (Å²) in [7, 11) is -2.90. The maximum Gasteiger partial charge on any atom is 0.322 e. The molecule has 2 N–H and O–H groups in total. The zero-order valence-corrected chi connectivity index (χ0v) is 8.50. The van der Waals surface area contributed by atoms with Crippen LogP contribution < -0.4 is 4.72 Å². The minimum atomic E-state index is -3.94. The lowest BCUT2D eigenvalue weighted by Crippen LogP contribution is -2.41. The van der Waals surface area contributed by atoms with Crippen LogP contribution in [0.2, 0.25) is 0 Å². The molecular weight excluding hydrogens is 214 g/mol. The molecule has 0 bridgehead atoms. The highest BCUT2D eigenvalue weighted by molar-refractivity contribution is 7.90. The van der Waals surface area contributed by atoms with Gasteiger partial charge in [0.15, 0.2) is 5.75 Å². The van der Waals surface area contributed by atoms with Crippen molar-refractivity contribution >= 4 is 22.0 Å². The quantitative estimate of drug-likeness (QED) is 0.554. The molecule has 0 fully saturated rings. The summed E-state index contributed by atoms with van der Waals surface area (Å²) >= 11 is 0. The van der Waals surface area contributed by atoms with E-state index in [2.05, 4.69) is 4.74 Å². The van der Waals surface area contributed by atoms with Crippen LogP contribution in [-0.4, -0.2) is 44.4 Å². The van der Waals surface area contributed by atoms with Crippen molar-refractivity contribution in [1.29, 1.82) is 0 Å². The van der Waals surface area contributed by atoms with Gasteiger partial charge >= 0.3 is 11.9 Å². The van der Waals surface area contributed by atoms with Gasteiger partial charge in [-0.25, -0.2) is 13.1 Å². The van der Waals surface area contributed by atoms with Crippen LogP contribution in [0.5, 0.6) is 0 Å². The van der Waals surface area contributed by atoms with Crippen LogP contribution >= 0.6 is 0 Å². The van der Waals surface area contributed by atoms with Crippen molar-refractivity contribution in [3.8, 4) is 0 Å². The smallest absolute Gasteiger partial charge is 0.322 e. The molecule has 0 aliphatic rings. The number of carbonyl (C=O) groups excluding carboxylic acids is 1. The molecule has 0 aliphatic carbocycles. The molecule has 0 saturated heterocycles. The number of ether oxygens (including phenoxy) is 1. The van der Waals surface area contributed by atoms with E-state index in [0.29, 0.717) is 0 Å². The third-order valence-electron chi connectivity index (χ3n) is 1.26. The van der Waals surface area contributed by atoms with Crippen molar-refractivity contribution in [2.24, 2.45) is 0 Å². The van der Waals surface area contributed by atoms with E-state index in [-0.39, 0.29) is 0 Å². The Hall–Kier alpha value is -1.15. The van der Waals surface area contributed by atoms with Crippen molar-refractivity contribution in [2.45, 2.75) is 13.0 Å². The summed E-state index contributed by atoms with van der Waals surface area (Å²) < 4.78 is 28.0. The molecule has 0 aromatic carbocycles. The standard InChI is InChI=1S/C6H11NO6S/c1-4(6(9)10)7-14(11,12)3-5(8)13-2/h4,7H,3H2,1-2H3,(H,9,10)/t4-/m0/s1. The zero-order valence-electron chi connectivity index (χ0n) is 7.68. The Bertz CT molecular complexity index is 321. The van der Waals surface area contributed by atoms with Crippen LogP contribution in [0.1, 0.15) is 6.92 Å². The van der Waals surface area contributed by atoms with Crippen LogP contribution in [0.3, 0.4) is 0 Å². The number of nitrogens with one attached hydrogen (secondary N) is 1. The summed E-state index contributed by atoms with van der Waals surface area (Å²) in [6.07, 6.45) is 0. The number of hydrogen-bond acceptors (Lipinski definition) is 5. The van der Waals surface area contributed by atoms with Gasteiger partial charge in [0.2, 0.25) is 10.0 Å². The molecule has 0 unspecified atom stereocenters. The number of esters is 1. The van der Waals surface area contributed by atoms with Gasteiger partial charge in [0.25, 0.3) is 0 Å². The van der Waals surface area contributed by atoms with Crippen molar-refractivity contribution in [2.75, 3.05) is 12.9 Å². The van der Waals surface area contributed by atoms with Gasteiger partial charge in [-0.15, -0.1) is 0 Å². The topological polar surface area (TPSA) is 110 Å². The average molecular weight is 225 g/mol. The summed E-state index contributed by atoms with van der Waals surface area (Å²) in [4.78, 5) is 20.9. The molecule has 8 heteroatoms. The average Bonchev–Trinajstić information content (AvgIpc) is 2.02. The fraction of sp³-hybridized carbons (Fsp3) is 0.667. The lowest BCUT2D eigenvalue weighted by molar-refractivity contribution is -0.139. The predicted molar refractivity (Wildman–Crippen MR) is 46.0 cm³/mol. The van der Waals surface area contributed by atoms with Gasteiger partial charge in [-0.2, -0.15) is 0 Å². The first-order valence-corrected chi connectivity index (χ1v) is 5.23. The van der Waals surface area contributed by atoms with Gasteiger partial charge in [-0.3, -0.25) is 9.59 Å². The molecule has 82 valence electrons. The minimum absolute atomic E-state index is 0.888. The summed E-state index contributed by atoms with van der Waals surface area (Å²) in [5.41, 5.74) is 0. The number of aliphatic carboxylic acids is 1. The highest BCUT2D eigenvalue weighted by Gasteiger charge is 2.22. The van der Waals surface area contributed by atoms with Gasteiger partial charge in [0.1, 0.15) is 6.04 Å². The number of carbonyl (C=O) groups is 2. The molecule has 0 radical (unpaired) electrons. The van der Waals surface area contributed by atoms with E-state index in [1.54, 1.807) is 4.72 Å². The molecule has 0 aromatic rings. The Labute approximate surface area is 81.1 Å². The van der Waals surface area contributed by atoms with E-state index < -0.39 is 33.8 Å². The van der Waals surface area contributed by atoms with Gasteiger partial charge < -0.3 is 9.84 Å². The van der Waals surface area contributed by atoms with Crippen molar-refractivity contribution < 1.29 is 27.9 Å². The van der Waals surface area contributed by atoms with Crippen LogP contribution in [0, 0.1) is 0 Å². The largest absolute Gasteiger partial charge is 0.480 e. The summed E-state index contributed by atoms with van der Waals surface area (Å²) in [6.45, 7) is 1.15. The van der Waals surface area contributed by atoms with Crippen molar-refractivity contribution in [3.05, 3.63) is 0 Å². The highest BCUT2D eigenvalue weighted by Crippen LogP contribution is 1.91. The first kappa shape index (κ1) is 12.8. The van der Waals surface area contributed by atoms with Gasteiger partial charge in [0.05, 0.1) is 7.11 Å². The number of sulfonamides is 1. The van der Waals surface area contributed by atoms with Crippen LogP contribution in [0.25, 0.3) is 0 Å². The molecule has 1 atom stereocenters. The number of carboxylic acids is 1. The normalized spacial score (nSPS) is 13.3. The van der Waals surface area contributed by atoms with Crippen LogP contribution in [-0.2, 0) is 24.3 Å². The monoisotopic (exact) mass is 225 g/mol. The molecule has 0 rings (SSSR count). The molecule has 7 nitrogen and oxygen atoms in total. The van der Waals surface area contributed by atoms with E-state index in [0.717, 1.165) is 14.0 Å². The third kappa shape index (κ3) is 4.77. The van der Waals surface area contributed by atoms with E-state index in [1.807, 2.05) is 0 Å². The number of carboxylic acid groups (broad SMARTS) is 1. The Morgan fingerprint density at radius 2 is 2.00 bits per heavy atom. The summed E-state index contributed by atoms with van der Waals surface area (Å²) in [5.74, 6) is -3.16. The fourth-order valence-electron chi connectivity index (χ4n) is 0.575. The highest BCUT2D eigenvalue weighted by atomic mass is 32.2. The minimum Gasteiger partial charge on any atom is -0.480 e. The van der Waals surface area contributed by atoms with E-state index in [9.17, 15) is 18.0 Å². The number of rotatable bonds is 5. The molecule has 0 aliphatic heterocycles. The Balaban J connectivity index is 4.36. The van der Waals surface area contributed by atoms with Crippen LogP contribution in [0.15, 0.2) is 0 Å². The van der Waals surface area contributed by atoms with Gasteiger partial charge in [-0.05, 0) is 6.92 Å². The number of methoxy groups -OCH3 is 1. The second-order valence-corrected chi connectivity index (χ2v) is 4.27. The summed E-state index contributed by atoms with van der Waals surface area (Å²) in [6, 6.07) is -1.27. The maximum atomic E-state index is 11.0. The predicted octanol–water partition coefficient (Wildman–Crippen LogP) is -1.45. The molecule has 0 saturated carbocycles. The van der Waals surface area contributed by atoms with Gasteiger partial charge in [0, 0.05) is 0 Å².